The maximum Gasteiger partial charge on any atom is 0.302 e. The molecule has 1 aliphatic rings. The molecular formula is C14H24O5S. The molecule has 6 heteroatoms. The lowest BCUT2D eigenvalue weighted by atomic mass is 9.70. The van der Waals surface area contributed by atoms with E-state index in [2.05, 4.69) is 13.8 Å². The van der Waals surface area contributed by atoms with Gasteiger partial charge in [0.1, 0.15) is 6.10 Å². The Morgan fingerprint density at radius 2 is 2.00 bits per heavy atom. The Kier molecular flexibility index (Phi) is 5.38. The molecule has 0 heterocycles. The fourth-order valence-electron chi connectivity index (χ4n) is 2.97. The van der Waals surface area contributed by atoms with Gasteiger partial charge in [-0.2, -0.15) is 8.42 Å². The van der Waals surface area contributed by atoms with Crippen molar-refractivity contribution in [3.8, 4) is 0 Å². The Morgan fingerprint density at radius 1 is 1.40 bits per heavy atom. The van der Waals surface area contributed by atoms with E-state index >= 15 is 0 Å². The van der Waals surface area contributed by atoms with E-state index in [0.717, 1.165) is 18.2 Å². The molecule has 0 N–H and O–H groups in total. The summed E-state index contributed by atoms with van der Waals surface area (Å²) in [5.41, 5.74) is 2.23. The second-order valence-electron chi connectivity index (χ2n) is 6.06. The summed E-state index contributed by atoms with van der Waals surface area (Å²) in [6, 6.07) is 0. The molecule has 0 spiro atoms. The maximum atomic E-state index is 11.1. The van der Waals surface area contributed by atoms with Gasteiger partial charge < -0.3 is 4.74 Å². The number of carbonyl (C=O) groups excluding carboxylic acids is 1. The van der Waals surface area contributed by atoms with E-state index in [1.165, 1.54) is 12.5 Å². The van der Waals surface area contributed by atoms with Crippen LogP contribution < -0.4 is 0 Å². The van der Waals surface area contributed by atoms with Crippen LogP contribution in [-0.4, -0.2) is 33.4 Å². The van der Waals surface area contributed by atoms with Crippen molar-refractivity contribution in [1.29, 1.82) is 0 Å². The number of hydrogen-bond donors (Lipinski definition) is 0. The zero-order chi connectivity index (χ0) is 15.6. The molecule has 0 amide bonds. The Hall–Kier alpha value is -0.880. The Bertz CT molecular complexity index is 502. The van der Waals surface area contributed by atoms with Crippen LogP contribution in [0.15, 0.2) is 11.1 Å². The summed E-state index contributed by atoms with van der Waals surface area (Å²) in [5.74, 6) is -0.262. The van der Waals surface area contributed by atoms with Crippen molar-refractivity contribution in [2.75, 3.05) is 12.9 Å². The van der Waals surface area contributed by atoms with Gasteiger partial charge in [-0.25, -0.2) is 0 Å². The summed E-state index contributed by atoms with van der Waals surface area (Å²) < 4.78 is 32.1. The molecule has 0 aromatic carbocycles. The van der Waals surface area contributed by atoms with Gasteiger partial charge in [-0.3, -0.25) is 8.98 Å². The third kappa shape index (κ3) is 5.25. The first kappa shape index (κ1) is 17.2. The average molecular weight is 304 g/mol. The number of hydrogen-bond acceptors (Lipinski definition) is 5. The minimum absolute atomic E-state index is 0.0953. The van der Waals surface area contributed by atoms with E-state index in [1.807, 2.05) is 6.92 Å². The third-order valence-corrected chi connectivity index (χ3v) is 4.18. The van der Waals surface area contributed by atoms with E-state index in [0.29, 0.717) is 12.8 Å². The van der Waals surface area contributed by atoms with Gasteiger partial charge in [-0.05, 0) is 25.2 Å². The van der Waals surface area contributed by atoms with Crippen molar-refractivity contribution in [2.45, 2.75) is 53.1 Å². The molecule has 116 valence electrons. The van der Waals surface area contributed by atoms with Crippen LogP contribution in [0.4, 0.5) is 0 Å². The topological polar surface area (TPSA) is 69.7 Å². The summed E-state index contributed by atoms with van der Waals surface area (Å²) in [7, 11) is -3.40. The zero-order valence-electron chi connectivity index (χ0n) is 12.9. The van der Waals surface area contributed by atoms with Gasteiger partial charge in [0.05, 0.1) is 12.9 Å². The molecule has 0 radical (unpaired) electrons. The van der Waals surface area contributed by atoms with Gasteiger partial charge in [-0.1, -0.05) is 25.0 Å². The highest BCUT2D eigenvalue weighted by Crippen LogP contribution is 2.42. The first-order valence-corrected chi connectivity index (χ1v) is 8.53. The standard InChI is InChI=1S/C14H24O5S/c1-10-8-12(19-11(2)15)9-14(3,4)13(10)6-7-18-20(5,16)17/h12H,6-9H2,1-5H3/t12-/m1/s1. The van der Waals surface area contributed by atoms with Gasteiger partial charge in [-0.15, -0.1) is 0 Å². The van der Waals surface area contributed by atoms with Gasteiger partial charge in [0.2, 0.25) is 0 Å². The van der Waals surface area contributed by atoms with Crippen molar-refractivity contribution < 1.29 is 22.1 Å². The molecule has 0 aliphatic heterocycles. The second kappa shape index (κ2) is 6.26. The molecule has 0 fully saturated rings. The van der Waals surface area contributed by atoms with Crippen molar-refractivity contribution >= 4 is 16.1 Å². The minimum Gasteiger partial charge on any atom is -0.462 e. The van der Waals surface area contributed by atoms with Crippen LogP contribution in [0.1, 0.15) is 47.0 Å². The van der Waals surface area contributed by atoms with Crippen LogP contribution >= 0.6 is 0 Å². The number of carbonyl (C=O) groups is 1. The van der Waals surface area contributed by atoms with Gasteiger partial charge in [0.25, 0.3) is 10.1 Å². The highest BCUT2D eigenvalue weighted by Gasteiger charge is 2.34. The van der Waals surface area contributed by atoms with Gasteiger partial charge in [0.15, 0.2) is 0 Å². The normalized spacial score (nSPS) is 22.8. The van der Waals surface area contributed by atoms with E-state index in [4.69, 9.17) is 8.92 Å². The largest absolute Gasteiger partial charge is 0.462 e. The quantitative estimate of drug-likeness (QED) is 0.443. The Morgan fingerprint density at radius 3 is 2.45 bits per heavy atom. The van der Waals surface area contributed by atoms with E-state index in [1.54, 1.807) is 0 Å². The lowest BCUT2D eigenvalue weighted by Crippen LogP contribution is -2.32. The highest BCUT2D eigenvalue weighted by molar-refractivity contribution is 7.85. The molecule has 1 aliphatic carbocycles. The van der Waals surface area contributed by atoms with Crippen LogP contribution in [0, 0.1) is 5.41 Å². The third-order valence-electron chi connectivity index (χ3n) is 3.59. The number of ether oxygens (including phenoxy) is 1. The molecule has 1 atom stereocenters. The minimum atomic E-state index is -3.40. The molecule has 5 nitrogen and oxygen atoms in total. The SMILES string of the molecule is CC(=O)O[C@@H]1CC(C)=C(CCOS(C)(=O)=O)C(C)(C)C1. The van der Waals surface area contributed by atoms with Crippen LogP contribution in [0.25, 0.3) is 0 Å². The lowest BCUT2D eigenvalue weighted by molar-refractivity contribution is -0.147. The lowest BCUT2D eigenvalue weighted by Gasteiger charge is -2.38. The molecule has 0 aromatic rings. The van der Waals surface area contributed by atoms with Crippen molar-refractivity contribution in [1.82, 2.24) is 0 Å². The molecule has 0 aromatic heterocycles. The molecular weight excluding hydrogens is 280 g/mol. The maximum absolute atomic E-state index is 11.1. The van der Waals surface area contributed by atoms with E-state index in [9.17, 15) is 13.2 Å². The highest BCUT2D eigenvalue weighted by atomic mass is 32.2. The van der Waals surface area contributed by atoms with Crippen molar-refractivity contribution in [3.05, 3.63) is 11.1 Å². The predicted octanol–water partition coefficient (Wildman–Crippen LogP) is 2.42. The molecule has 0 bridgehead atoms. The molecule has 1 rings (SSSR count). The first-order chi connectivity index (χ1) is 9.01. The summed E-state index contributed by atoms with van der Waals surface area (Å²) in [5, 5.41) is 0. The van der Waals surface area contributed by atoms with Crippen LogP contribution in [0.5, 0.6) is 0 Å². The predicted molar refractivity (Wildman–Crippen MR) is 76.7 cm³/mol. The summed E-state index contributed by atoms with van der Waals surface area (Å²) >= 11 is 0. The summed E-state index contributed by atoms with van der Waals surface area (Å²) in [4.78, 5) is 11.1. The van der Waals surface area contributed by atoms with Crippen LogP contribution in [0.2, 0.25) is 0 Å². The zero-order valence-corrected chi connectivity index (χ0v) is 13.7. The fourth-order valence-corrected chi connectivity index (χ4v) is 3.36. The Labute approximate surface area is 121 Å². The van der Waals surface area contributed by atoms with Gasteiger partial charge >= 0.3 is 5.97 Å². The second-order valence-corrected chi connectivity index (χ2v) is 7.70. The number of esters is 1. The number of rotatable bonds is 5. The smallest absolute Gasteiger partial charge is 0.302 e. The first-order valence-electron chi connectivity index (χ1n) is 6.72. The fraction of sp³-hybridized carbons (Fsp3) is 0.786. The average Bonchev–Trinajstić information content (AvgIpc) is 2.18. The van der Waals surface area contributed by atoms with Crippen LogP contribution in [-0.2, 0) is 23.8 Å². The van der Waals surface area contributed by atoms with Crippen molar-refractivity contribution in [3.63, 3.8) is 0 Å². The monoisotopic (exact) mass is 304 g/mol. The van der Waals surface area contributed by atoms with E-state index < -0.39 is 10.1 Å². The Balaban J connectivity index is 2.76. The molecule has 20 heavy (non-hydrogen) atoms. The molecule has 0 saturated heterocycles. The van der Waals surface area contributed by atoms with Gasteiger partial charge in [0, 0.05) is 13.3 Å². The van der Waals surface area contributed by atoms with Crippen LogP contribution in [0.3, 0.4) is 0 Å². The molecule has 0 saturated carbocycles. The summed E-state index contributed by atoms with van der Waals surface area (Å²) in [6.45, 7) is 7.76. The van der Waals surface area contributed by atoms with Crippen molar-refractivity contribution in [2.24, 2.45) is 5.41 Å². The summed E-state index contributed by atoms with van der Waals surface area (Å²) in [6.07, 6.45) is 2.99. The molecule has 0 unspecified atom stereocenters. The van der Waals surface area contributed by atoms with E-state index in [-0.39, 0.29) is 24.1 Å².